The van der Waals surface area contributed by atoms with Crippen LogP contribution in [0.5, 0.6) is 0 Å². The maximum atomic E-state index is 11.8. The van der Waals surface area contributed by atoms with E-state index in [1.807, 2.05) is 27.7 Å². The highest BCUT2D eigenvalue weighted by molar-refractivity contribution is 5.69. The fourth-order valence-electron chi connectivity index (χ4n) is 3.10. The zero-order chi connectivity index (χ0) is 16.8. The maximum absolute atomic E-state index is 11.8. The summed E-state index contributed by atoms with van der Waals surface area (Å²) in [4.78, 5) is 22.6. The van der Waals surface area contributed by atoms with Crippen molar-refractivity contribution < 1.29 is 9.53 Å². The summed E-state index contributed by atoms with van der Waals surface area (Å²) >= 11 is 0. The van der Waals surface area contributed by atoms with Crippen molar-refractivity contribution in [1.82, 2.24) is 15.3 Å². The molecule has 7 nitrogen and oxygen atoms in total. The van der Waals surface area contributed by atoms with Crippen LogP contribution < -0.4 is 10.2 Å². The van der Waals surface area contributed by atoms with Crippen LogP contribution in [-0.2, 0) is 4.74 Å². The fraction of sp³-hybridized carbons (Fsp3) is 0.625. The Morgan fingerprint density at radius 2 is 2.04 bits per heavy atom. The number of carbonyl (C=O) groups is 1. The van der Waals surface area contributed by atoms with Crippen molar-refractivity contribution in [2.24, 2.45) is 11.8 Å². The summed E-state index contributed by atoms with van der Waals surface area (Å²) in [6.45, 7) is 8.99. The Morgan fingerprint density at radius 1 is 1.39 bits per heavy atom. The minimum atomic E-state index is -0.483. The standard InChI is InChI=1S/C16H21N5O2/c1-9-5-10(6-17)19-14(18-9)21-7-11-12(8-21)13(11)20-15(22)23-16(2,3)4/h5,11-13H,7-8H2,1-4H3,(H,20,22). The number of nitrogens with one attached hydrogen (secondary N) is 1. The van der Waals surface area contributed by atoms with E-state index in [1.165, 1.54) is 0 Å². The molecule has 0 bridgehead atoms. The van der Waals surface area contributed by atoms with Gasteiger partial charge in [0.1, 0.15) is 17.4 Å². The smallest absolute Gasteiger partial charge is 0.407 e. The highest BCUT2D eigenvalue weighted by Gasteiger charge is 2.57. The molecule has 1 saturated carbocycles. The molecular weight excluding hydrogens is 294 g/mol. The van der Waals surface area contributed by atoms with Crippen molar-refractivity contribution in [2.45, 2.75) is 39.3 Å². The lowest BCUT2D eigenvalue weighted by Crippen LogP contribution is -2.38. The zero-order valence-electron chi connectivity index (χ0n) is 13.8. The average molecular weight is 315 g/mol. The number of hydrogen-bond donors (Lipinski definition) is 1. The molecule has 2 aliphatic rings. The average Bonchev–Trinajstić information content (AvgIpc) is 2.89. The van der Waals surface area contributed by atoms with E-state index in [4.69, 9.17) is 10.00 Å². The quantitative estimate of drug-likeness (QED) is 0.891. The maximum Gasteiger partial charge on any atom is 0.407 e. The highest BCUT2D eigenvalue weighted by atomic mass is 16.6. The Morgan fingerprint density at radius 3 is 2.61 bits per heavy atom. The van der Waals surface area contributed by atoms with Crippen LogP contribution in [0.4, 0.5) is 10.7 Å². The monoisotopic (exact) mass is 315 g/mol. The van der Waals surface area contributed by atoms with Gasteiger partial charge in [0.15, 0.2) is 0 Å². The first kappa shape index (κ1) is 15.5. The number of ether oxygens (including phenoxy) is 1. The second-order valence-corrected chi connectivity index (χ2v) is 7.21. The van der Waals surface area contributed by atoms with Crippen LogP contribution in [0.25, 0.3) is 0 Å². The van der Waals surface area contributed by atoms with Crippen LogP contribution in [-0.4, -0.2) is 40.8 Å². The molecule has 2 unspecified atom stereocenters. The Hall–Kier alpha value is -2.36. The molecule has 2 fully saturated rings. The molecule has 1 saturated heterocycles. The van der Waals surface area contributed by atoms with Crippen LogP contribution >= 0.6 is 0 Å². The van der Waals surface area contributed by atoms with Crippen LogP contribution in [0.2, 0.25) is 0 Å². The van der Waals surface area contributed by atoms with Crippen LogP contribution in [0.3, 0.4) is 0 Å². The number of fused-ring (bicyclic) bond motifs is 1. The van der Waals surface area contributed by atoms with Crippen molar-refractivity contribution in [3.05, 3.63) is 17.5 Å². The van der Waals surface area contributed by atoms with Gasteiger partial charge < -0.3 is 15.0 Å². The first-order chi connectivity index (χ1) is 10.8. The van der Waals surface area contributed by atoms with Gasteiger partial charge in [-0.05, 0) is 33.8 Å². The van der Waals surface area contributed by atoms with E-state index in [0.717, 1.165) is 18.8 Å². The Balaban J connectivity index is 1.57. The van der Waals surface area contributed by atoms with E-state index in [1.54, 1.807) is 6.07 Å². The van der Waals surface area contributed by atoms with Gasteiger partial charge in [-0.2, -0.15) is 5.26 Å². The Labute approximate surface area is 135 Å². The number of rotatable bonds is 2. The SMILES string of the molecule is Cc1cc(C#N)nc(N2CC3C(C2)C3NC(=O)OC(C)(C)C)n1. The topological polar surface area (TPSA) is 91.1 Å². The number of amides is 1. The predicted molar refractivity (Wildman–Crippen MR) is 83.8 cm³/mol. The van der Waals surface area contributed by atoms with Crippen molar-refractivity contribution in [3.63, 3.8) is 0 Å². The van der Waals surface area contributed by atoms with Gasteiger partial charge in [0.2, 0.25) is 5.95 Å². The van der Waals surface area contributed by atoms with Gasteiger partial charge in [-0.15, -0.1) is 0 Å². The van der Waals surface area contributed by atoms with Crippen molar-refractivity contribution in [3.8, 4) is 6.07 Å². The number of aromatic nitrogens is 2. The second kappa shape index (κ2) is 5.37. The zero-order valence-corrected chi connectivity index (χ0v) is 13.8. The van der Waals surface area contributed by atoms with E-state index in [-0.39, 0.29) is 12.1 Å². The first-order valence-corrected chi connectivity index (χ1v) is 7.77. The highest BCUT2D eigenvalue weighted by Crippen LogP contribution is 2.46. The van der Waals surface area contributed by atoms with Gasteiger partial charge in [-0.25, -0.2) is 14.8 Å². The van der Waals surface area contributed by atoms with Crippen molar-refractivity contribution >= 4 is 12.0 Å². The molecule has 122 valence electrons. The summed E-state index contributed by atoms with van der Waals surface area (Å²) in [5.41, 5.74) is 0.690. The summed E-state index contributed by atoms with van der Waals surface area (Å²) in [5, 5.41) is 11.9. The molecule has 3 rings (SSSR count). The lowest BCUT2D eigenvalue weighted by atomic mass is 10.2. The van der Waals surface area contributed by atoms with Crippen LogP contribution in [0.1, 0.15) is 32.2 Å². The predicted octanol–water partition coefficient (Wildman–Crippen LogP) is 1.62. The largest absolute Gasteiger partial charge is 0.444 e. The summed E-state index contributed by atoms with van der Waals surface area (Å²) < 4.78 is 5.29. The molecule has 0 radical (unpaired) electrons. The van der Waals surface area contributed by atoms with Gasteiger partial charge in [-0.3, -0.25) is 0 Å². The number of aryl methyl sites for hydroxylation is 1. The van der Waals surface area contributed by atoms with Gasteiger partial charge in [0, 0.05) is 36.7 Å². The van der Waals surface area contributed by atoms with E-state index < -0.39 is 5.60 Å². The summed E-state index contributed by atoms with van der Waals surface area (Å²) in [5.74, 6) is 1.40. The number of nitriles is 1. The molecule has 1 aromatic heterocycles. The summed E-state index contributed by atoms with van der Waals surface area (Å²) in [6.07, 6.45) is -0.359. The molecule has 1 aliphatic carbocycles. The van der Waals surface area contributed by atoms with E-state index in [9.17, 15) is 4.79 Å². The Bertz CT molecular complexity index is 664. The molecule has 1 aliphatic heterocycles. The lowest BCUT2D eigenvalue weighted by molar-refractivity contribution is 0.0518. The third kappa shape index (κ3) is 3.36. The van der Waals surface area contributed by atoms with E-state index >= 15 is 0 Å². The molecule has 2 atom stereocenters. The third-order valence-corrected chi connectivity index (χ3v) is 4.12. The molecule has 0 aromatic carbocycles. The second-order valence-electron chi connectivity index (χ2n) is 7.21. The normalized spacial score (nSPS) is 25.5. The van der Waals surface area contributed by atoms with Crippen LogP contribution in [0, 0.1) is 30.1 Å². The molecule has 1 aromatic rings. The van der Waals surface area contributed by atoms with Gasteiger partial charge in [-0.1, -0.05) is 0 Å². The first-order valence-electron chi connectivity index (χ1n) is 7.77. The number of alkyl carbamates (subject to hydrolysis) is 1. The number of hydrogen-bond acceptors (Lipinski definition) is 6. The van der Waals surface area contributed by atoms with Crippen molar-refractivity contribution in [1.29, 1.82) is 5.26 Å². The molecular formula is C16H21N5O2. The lowest BCUT2D eigenvalue weighted by Gasteiger charge is -2.22. The molecule has 2 heterocycles. The van der Waals surface area contributed by atoms with Gasteiger partial charge in [0.05, 0.1) is 0 Å². The van der Waals surface area contributed by atoms with Crippen molar-refractivity contribution in [2.75, 3.05) is 18.0 Å². The Kier molecular flexibility index (Phi) is 3.63. The third-order valence-electron chi connectivity index (χ3n) is 4.12. The van der Waals surface area contributed by atoms with Crippen LogP contribution in [0.15, 0.2) is 6.07 Å². The molecule has 0 spiro atoms. The molecule has 1 N–H and O–H groups in total. The summed E-state index contributed by atoms with van der Waals surface area (Å²) in [6, 6.07) is 3.90. The fourth-order valence-corrected chi connectivity index (χ4v) is 3.10. The molecule has 7 heteroatoms. The van der Waals surface area contributed by atoms with E-state index in [2.05, 4.69) is 26.3 Å². The van der Waals surface area contributed by atoms with E-state index in [0.29, 0.717) is 23.5 Å². The minimum absolute atomic E-state index is 0.168. The molecule has 1 amide bonds. The van der Waals surface area contributed by atoms with Gasteiger partial charge in [0.25, 0.3) is 0 Å². The number of anilines is 1. The number of carbonyl (C=O) groups excluding carboxylic acids is 1. The van der Waals surface area contributed by atoms with Gasteiger partial charge >= 0.3 is 6.09 Å². The summed E-state index contributed by atoms with van der Waals surface area (Å²) in [7, 11) is 0. The number of piperidine rings is 1. The number of nitrogens with zero attached hydrogens (tertiary/aromatic N) is 4. The minimum Gasteiger partial charge on any atom is -0.444 e. The molecule has 23 heavy (non-hydrogen) atoms.